The van der Waals surface area contributed by atoms with Crippen molar-refractivity contribution in [3.05, 3.63) is 17.5 Å². The standard InChI is InChI=1S/C14H25N5.HI/c1-3-15-14(17-9-12-6-7-12)16-8-4-5-13-10-18-19-11(13)2;/h10,12H,3-9H2,1-2H3,(H,18,19)(H2,15,16,17);1H. The van der Waals surface area contributed by atoms with Crippen LogP contribution >= 0.6 is 24.0 Å². The number of nitrogens with zero attached hydrogens (tertiary/aromatic N) is 2. The highest BCUT2D eigenvalue weighted by Gasteiger charge is 2.20. The summed E-state index contributed by atoms with van der Waals surface area (Å²) >= 11 is 0. The Hall–Kier alpha value is -0.790. The fourth-order valence-corrected chi connectivity index (χ4v) is 1.98. The molecule has 1 aromatic heterocycles. The summed E-state index contributed by atoms with van der Waals surface area (Å²) in [5.74, 6) is 1.79. The Bertz CT molecular complexity index is 411. The van der Waals surface area contributed by atoms with E-state index in [9.17, 15) is 0 Å². The van der Waals surface area contributed by atoms with Crippen molar-refractivity contribution >= 4 is 29.9 Å². The van der Waals surface area contributed by atoms with E-state index in [1.807, 2.05) is 6.20 Å². The zero-order valence-corrected chi connectivity index (χ0v) is 14.7. The second kappa shape index (κ2) is 9.20. The molecule has 0 saturated heterocycles. The van der Waals surface area contributed by atoms with Gasteiger partial charge in [0, 0.05) is 25.3 Å². The van der Waals surface area contributed by atoms with E-state index in [-0.39, 0.29) is 24.0 Å². The third-order valence-corrected chi connectivity index (χ3v) is 3.40. The van der Waals surface area contributed by atoms with E-state index in [1.165, 1.54) is 24.1 Å². The van der Waals surface area contributed by atoms with Gasteiger partial charge in [-0.05, 0) is 51.0 Å². The van der Waals surface area contributed by atoms with E-state index in [0.717, 1.165) is 44.4 Å². The van der Waals surface area contributed by atoms with Gasteiger partial charge in [0.2, 0.25) is 0 Å². The lowest BCUT2D eigenvalue weighted by atomic mass is 10.1. The van der Waals surface area contributed by atoms with Gasteiger partial charge in [-0.25, -0.2) is 0 Å². The Balaban J connectivity index is 0.00000200. The van der Waals surface area contributed by atoms with E-state index >= 15 is 0 Å². The van der Waals surface area contributed by atoms with Gasteiger partial charge < -0.3 is 10.6 Å². The minimum absolute atomic E-state index is 0. The van der Waals surface area contributed by atoms with E-state index in [4.69, 9.17) is 0 Å². The highest BCUT2D eigenvalue weighted by molar-refractivity contribution is 14.0. The third-order valence-electron chi connectivity index (χ3n) is 3.40. The third kappa shape index (κ3) is 6.11. The van der Waals surface area contributed by atoms with Crippen molar-refractivity contribution in [1.29, 1.82) is 0 Å². The highest BCUT2D eigenvalue weighted by Crippen LogP contribution is 2.28. The molecule has 0 amide bonds. The van der Waals surface area contributed by atoms with Crippen LogP contribution in [0.2, 0.25) is 0 Å². The summed E-state index contributed by atoms with van der Waals surface area (Å²) in [6.07, 6.45) is 6.76. The van der Waals surface area contributed by atoms with Crippen molar-refractivity contribution < 1.29 is 0 Å². The second-order valence-electron chi connectivity index (χ2n) is 5.21. The quantitative estimate of drug-likeness (QED) is 0.289. The largest absolute Gasteiger partial charge is 0.357 e. The van der Waals surface area contributed by atoms with Gasteiger partial charge in [-0.1, -0.05) is 0 Å². The maximum absolute atomic E-state index is 4.60. The fourth-order valence-electron chi connectivity index (χ4n) is 1.98. The number of hydrogen-bond acceptors (Lipinski definition) is 2. The minimum atomic E-state index is 0. The zero-order chi connectivity index (χ0) is 13.5. The molecule has 0 atom stereocenters. The minimum Gasteiger partial charge on any atom is -0.357 e. The van der Waals surface area contributed by atoms with Crippen LogP contribution in [0.25, 0.3) is 0 Å². The number of H-pyrrole nitrogens is 1. The molecule has 1 fully saturated rings. The number of hydrogen-bond donors (Lipinski definition) is 3. The normalized spacial score (nSPS) is 14.8. The van der Waals surface area contributed by atoms with Crippen LogP contribution in [0.4, 0.5) is 0 Å². The molecular formula is C14H26IN5. The molecule has 0 aliphatic heterocycles. The molecule has 1 saturated carbocycles. The predicted molar refractivity (Wildman–Crippen MR) is 93.8 cm³/mol. The lowest BCUT2D eigenvalue weighted by molar-refractivity contribution is 0.735. The molecule has 0 unspecified atom stereocenters. The lowest BCUT2D eigenvalue weighted by Gasteiger charge is -2.10. The van der Waals surface area contributed by atoms with Crippen LogP contribution in [0, 0.1) is 12.8 Å². The molecule has 1 aliphatic carbocycles. The Morgan fingerprint density at radius 2 is 2.25 bits per heavy atom. The molecule has 0 aromatic carbocycles. The summed E-state index contributed by atoms with van der Waals surface area (Å²) < 4.78 is 0. The van der Waals surface area contributed by atoms with Crippen LogP contribution in [0.15, 0.2) is 11.2 Å². The second-order valence-corrected chi connectivity index (χ2v) is 5.21. The maximum Gasteiger partial charge on any atom is 0.191 e. The first kappa shape index (κ1) is 17.3. The van der Waals surface area contributed by atoms with Gasteiger partial charge in [0.1, 0.15) is 0 Å². The van der Waals surface area contributed by atoms with E-state index in [2.05, 4.69) is 39.7 Å². The van der Waals surface area contributed by atoms with E-state index in [0.29, 0.717) is 0 Å². The summed E-state index contributed by atoms with van der Waals surface area (Å²) in [6, 6.07) is 0. The molecule has 1 aliphatic rings. The number of aromatic amines is 1. The Kier molecular flexibility index (Phi) is 7.94. The predicted octanol–water partition coefficient (Wildman–Crippen LogP) is 2.23. The highest BCUT2D eigenvalue weighted by atomic mass is 127. The van der Waals surface area contributed by atoms with Crippen LogP contribution in [0.3, 0.4) is 0 Å². The molecule has 5 nitrogen and oxygen atoms in total. The number of aryl methyl sites for hydroxylation is 2. The van der Waals surface area contributed by atoms with Crippen LogP contribution in [0.1, 0.15) is 37.4 Å². The molecule has 20 heavy (non-hydrogen) atoms. The first-order chi connectivity index (χ1) is 9.29. The van der Waals surface area contributed by atoms with Gasteiger partial charge in [0.15, 0.2) is 5.96 Å². The summed E-state index contributed by atoms with van der Waals surface area (Å²) in [5.41, 5.74) is 2.48. The van der Waals surface area contributed by atoms with Crippen molar-refractivity contribution in [1.82, 2.24) is 20.8 Å². The summed E-state index contributed by atoms with van der Waals surface area (Å²) in [4.78, 5) is 4.60. The summed E-state index contributed by atoms with van der Waals surface area (Å²) in [6.45, 7) is 6.99. The van der Waals surface area contributed by atoms with E-state index < -0.39 is 0 Å². The number of rotatable bonds is 7. The molecule has 3 N–H and O–H groups in total. The smallest absolute Gasteiger partial charge is 0.191 e. The van der Waals surface area contributed by atoms with Gasteiger partial charge in [-0.15, -0.1) is 24.0 Å². The van der Waals surface area contributed by atoms with E-state index in [1.54, 1.807) is 0 Å². The Morgan fingerprint density at radius 1 is 1.45 bits per heavy atom. The number of nitrogens with one attached hydrogen (secondary N) is 3. The molecular weight excluding hydrogens is 365 g/mol. The molecule has 6 heteroatoms. The first-order valence-electron chi connectivity index (χ1n) is 7.30. The van der Waals surface area contributed by atoms with Gasteiger partial charge in [0.25, 0.3) is 0 Å². The molecule has 0 radical (unpaired) electrons. The van der Waals surface area contributed by atoms with Crippen molar-refractivity contribution in [2.75, 3.05) is 19.6 Å². The Morgan fingerprint density at radius 3 is 2.85 bits per heavy atom. The number of halogens is 1. The van der Waals surface area contributed by atoms with Crippen molar-refractivity contribution in [2.24, 2.45) is 10.9 Å². The number of aliphatic imine (C=N–C) groups is 1. The van der Waals surface area contributed by atoms with Crippen LogP contribution in [-0.4, -0.2) is 35.8 Å². The fraction of sp³-hybridized carbons (Fsp3) is 0.714. The van der Waals surface area contributed by atoms with Crippen molar-refractivity contribution in [3.63, 3.8) is 0 Å². The first-order valence-corrected chi connectivity index (χ1v) is 7.30. The number of guanidine groups is 1. The van der Waals surface area contributed by atoms with Gasteiger partial charge in [-0.2, -0.15) is 5.10 Å². The molecule has 1 aromatic rings. The lowest BCUT2D eigenvalue weighted by Crippen LogP contribution is -2.38. The average molecular weight is 391 g/mol. The SMILES string of the molecule is CCNC(=NCC1CC1)NCCCc1cn[nH]c1C.I. The van der Waals surface area contributed by atoms with Crippen molar-refractivity contribution in [3.8, 4) is 0 Å². The average Bonchev–Trinajstić information content (AvgIpc) is 3.14. The van der Waals surface area contributed by atoms with Crippen molar-refractivity contribution in [2.45, 2.75) is 39.5 Å². The zero-order valence-electron chi connectivity index (χ0n) is 12.4. The van der Waals surface area contributed by atoms with Gasteiger partial charge in [-0.3, -0.25) is 10.1 Å². The van der Waals surface area contributed by atoms with Crippen LogP contribution in [-0.2, 0) is 6.42 Å². The monoisotopic (exact) mass is 391 g/mol. The molecule has 2 rings (SSSR count). The Labute approximate surface area is 138 Å². The van der Waals surface area contributed by atoms with Crippen LogP contribution in [0.5, 0.6) is 0 Å². The molecule has 0 spiro atoms. The molecule has 0 bridgehead atoms. The number of aromatic nitrogens is 2. The maximum atomic E-state index is 4.60. The van der Waals surface area contributed by atoms with Gasteiger partial charge in [0.05, 0.1) is 6.20 Å². The van der Waals surface area contributed by atoms with Crippen LogP contribution < -0.4 is 10.6 Å². The topological polar surface area (TPSA) is 65.1 Å². The van der Waals surface area contributed by atoms with Gasteiger partial charge >= 0.3 is 0 Å². The molecule has 1 heterocycles. The summed E-state index contributed by atoms with van der Waals surface area (Å²) in [7, 11) is 0. The molecule has 114 valence electrons. The summed E-state index contributed by atoms with van der Waals surface area (Å²) in [5, 5.41) is 13.7.